The Kier molecular flexibility index (Phi) is 4.05. The molecule has 0 aromatic rings. The second-order valence-corrected chi connectivity index (χ2v) is 11.0. The minimum atomic E-state index is -1.15. The van der Waals surface area contributed by atoms with Crippen molar-refractivity contribution in [3.63, 3.8) is 0 Å². The van der Waals surface area contributed by atoms with Gasteiger partial charge in [0.1, 0.15) is 5.76 Å². The molecule has 6 heteroatoms. The number of Topliss-reactive ketones (excluding diaryl/α,β-unsaturated/α-hetero) is 1. The minimum Gasteiger partial charge on any atom is -0.510 e. The molecular formula is C24H29ClO5. The molecule has 5 rings (SSSR count). The zero-order chi connectivity index (χ0) is 21.8. The van der Waals surface area contributed by atoms with Crippen LogP contribution in [0, 0.1) is 40.4 Å². The summed E-state index contributed by atoms with van der Waals surface area (Å²) in [5, 5.41) is 11.6. The van der Waals surface area contributed by atoms with E-state index in [1.54, 1.807) is 6.08 Å². The summed E-state index contributed by atoms with van der Waals surface area (Å²) in [4.78, 5) is 37.2. The van der Waals surface area contributed by atoms with Crippen LogP contribution in [0.15, 0.2) is 22.4 Å². The third kappa shape index (κ3) is 2.18. The third-order valence-corrected chi connectivity index (χ3v) is 10.0. The van der Waals surface area contributed by atoms with E-state index in [9.17, 15) is 19.5 Å². The number of fused-ring (bicyclic) bond motifs is 7. The number of carbonyl (C=O) groups excluding carboxylic acids is 3. The van der Waals surface area contributed by atoms with E-state index in [1.807, 2.05) is 6.92 Å². The second kappa shape index (κ2) is 5.99. The predicted octanol–water partition coefficient (Wildman–Crippen LogP) is 4.49. The van der Waals surface area contributed by atoms with Crippen molar-refractivity contribution in [2.75, 3.05) is 0 Å². The standard InChI is InChI=1S/C24H29ClO5/c1-11(26)24(30-12(2)27)8-6-14-19-15(5-7-22(14,24)3)23(4)16-9-13(16)18(28)10-17(23)20(25)21(19)29/h10,13-16,19,29H,5-9H2,1-4H3/t13-,14?,15?,16+,19?,22+,23+,24+/m1/s1. The highest BCUT2D eigenvalue weighted by atomic mass is 35.5. The molecule has 5 aliphatic rings. The SMILES string of the molecule is CC(=O)O[C@]1(C(C)=O)CCC2C3C(O)=C(Cl)C4=CC(=O)[C@@H]5C[C@@H]5[C@]4(C)C3CC[C@@]21C. The van der Waals surface area contributed by atoms with Gasteiger partial charge in [0.05, 0.1) is 5.03 Å². The lowest BCUT2D eigenvalue weighted by molar-refractivity contribution is -0.186. The van der Waals surface area contributed by atoms with Crippen LogP contribution in [-0.4, -0.2) is 28.2 Å². The number of esters is 1. The number of halogens is 1. The summed E-state index contributed by atoms with van der Waals surface area (Å²) in [5.74, 6) is 0.0237. The fourth-order valence-electron chi connectivity index (χ4n) is 8.09. The van der Waals surface area contributed by atoms with Crippen LogP contribution in [0.1, 0.15) is 59.8 Å². The first kappa shape index (κ1) is 20.3. The molecule has 8 atom stereocenters. The maximum atomic E-state index is 12.8. The number of hydrogen-bond acceptors (Lipinski definition) is 5. The van der Waals surface area contributed by atoms with Crippen molar-refractivity contribution in [3.05, 3.63) is 22.4 Å². The largest absolute Gasteiger partial charge is 0.510 e. The molecule has 30 heavy (non-hydrogen) atoms. The molecule has 3 unspecified atom stereocenters. The van der Waals surface area contributed by atoms with Gasteiger partial charge >= 0.3 is 5.97 Å². The van der Waals surface area contributed by atoms with E-state index < -0.39 is 17.0 Å². The first-order valence-electron chi connectivity index (χ1n) is 11.0. The number of allylic oxidation sites excluding steroid dienone is 4. The van der Waals surface area contributed by atoms with Gasteiger partial charge < -0.3 is 9.84 Å². The molecule has 0 heterocycles. The molecule has 0 aromatic carbocycles. The summed E-state index contributed by atoms with van der Waals surface area (Å²) in [6.45, 7) is 7.12. The topological polar surface area (TPSA) is 80.7 Å². The van der Waals surface area contributed by atoms with Crippen molar-refractivity contribution in [3.8, 4) is 0 Å². The molecule has 5 aliphatic carbocycles. The van der Waals surface area contributed by atoms with E-state index in [1.165, 1.54) is 13.8 Å². The predicted molar refractivity (Wildman–Crippen MR) is 111 cm³/mol. The number of aliphatic hydroxyl groups excluding tert-OH is 1. The van der Waals surface area contributed by atoms with Crippen LogP contribution < -0.4 is 0 Å². The van der Waals surface area contributed by atoms with E-state index in [0.717, 1.165) is 24.8 Å². The maximum absolute atomic E-state index is 12.8. The molecule has 0 saturated heterocycles. The van der Waals surface area contributed by atoms with Crippen molar-refractivity contribution in [2.24, 2.45) is 40.4 Å². The minimum absolute atomic E-state index is 0.0125. The fraction of sp³-hybridized carbons (Fsp3) is 0.708. The van der Waals surface area contributed by atoms with Crippen LogP contribution in [0.2, 0.25) is 0 Å². The van der Waals surface area contributed by atoms with E-state index in [-0.39, 0.29) is 52.3 Å². The molecule has 3 saturated carbocycles. The molecule has 3 fully saturated rings. The van der Waals surface area contributed by atoms with Gasteiger partial charge in [-0.15, -0.1) is 0 Å². The van der Waals surface area contributed by atoms with Crippen LogP contribution in [0.3, 0.4) is 0 Å². The average molecular weight is 433 g/mol. The van der Waals surface area contributed by atoms with Gasteiger partial charge in [-0.25, -0.2) is 0 Å². The highest BCUT2D eigenvalue weighted by Gasteiger charge is 2.71. The van der Waals surface area contributed by atoms with Gasteiger partial charge in [0.25, 0.3) is 0 Å². The van der Waals surface area contributed by atoms with E-state index in [4.69, 9.17) is 16.3 Å². The highest BCUT2D eigenvalue weighted by molar-refractivity contribution is 6.33. The lowest BCUT2D eigenvalue weighted by Crippen LogP contribution is -2.59. The Morgan fingerprint density at radius 2 is 1.80 bits per heavy atom. The Morgan fingerprint density at radius 1 is 1.13 bits per heavy atom. The van der Waals surface area contributed by atoms with Crippen molar-refractivity contribution in [1.29, 1.82) is 0 Å². The van der Waals surface area contributed by atoms with Gasteiger partial charge in [0.15, 0.2) is 17.2 Å². The Balaban J connectivity index is 1.64. The van der Waals surface area contributed by atoms with Crippen LogP contribution >= 0.6 is 11.6 Å². The van der Waals surface area contributed by atoms with Crippen molar-refractivity contribution < 1.29 is 24.2 Å². The molecule has 1 N–H and O–H groups in total. The number of ether oxygens (including phenoxy) is 1. The smallest absolute Gasteiger partial charge is 0.303 e. The van der Waals surface area contributed by atoms with Gasteiger partial charge in [-0.2, -0.15) is 0 Å². The zero-order valence-electron chi connectivity index (χ0n) is 18.0. The maximum Gasteiger partial charge on any atom is 0.303 e. The summed E-state index contributed by atoms with van der Waals surface area (Å²) in [6, 6.07) is 0. The highest BCUT2D eigenvalue weighted by Crippen LogP contribution is 2.73. The van der Waals surface area contributed by atoms with Crippen LogP contribution in [0.4, 0.5) is 0 Å². The second-order valence-electron chi connectivity index (χ2n) is 10.6. The molecule has 0 spiro atoms. The van der Waals surface area contributed by atoms with Crippen LogP contribution in [-0.2, 0) is 19.1 Å². The van der Waals surface area contributed by atoms with E-state index in [0.29, 0.717) is 17.9 Å². The normalized spacial score (nSPS) is 48.8. The summed E-state index contributed by atoms with van der Waals surface area (Å²) < 4.78 is 5.77. The lowest BCUT2D eigenvalue weighted by atomic mass is 9.47. The van der Waals surface area contributed by atoms with E-state index >= 15 is 0 Å². The Bertz CT molecular complexity index is 949. The number of carbonyl (C=O) groups is 3. The van der Waals surface area contributed by atoms with Gasteiger partial charge in [-0.1, -0.05) is 25.4 Å². The van der Waals surface area contributed by atoms with Gasteiger partial charge in [-0.3, -0.25) is 14.4 Å². The molecule has 162 valence electrons. The molecule has 5 nitrogen and oxygen atoms in total. The number of hydrogen-bond donors (Lipinski definition) is 1. The quantitative estimate of drug-likeness (QED) is 0.650. The monoisotopic (exact) mass is 432 g/mol. The number of aliphatic hydroxyl groups is 1. The Morgan fingerprint density at radius 3 is 2.43 bits per heavy atom. The van der Waals surface area contributed by atoms with Crippen LogP contribution in [0.25, 0.3) is 0 Å². The fourth-order valence-corrected chi connectivity index (χ4v) is 8.48. The first-order chi connectivity index (χ1) is 14.0. The summed E-state index contributed by atoms with van der Waals surface area (Å²) in [7, 11) is 0. The van der Waals surface area contributed by atoms with Gasteiger partial charge in [0, 0.05) is 29.6 Å². The average Bonchev–Trinajstić information content (AvgIpc) is 3.43. The molecular weight excluding hydrogens is 404 g/mol. The van der Waals surface area contributed by atoms with E-state index in [2.05, 4.69) is 6.92 Å². The summed E-state index contributed by atoms with van der Waals surface area (Å²) in [6.07, 6.45) is 5.26. The first-order valence-corrected chi connectivity index (χ1v) is 11.4. The Labute approximate surface area is 181 Å². The summed E-state index contributed by atoms with van der Waals surface area (Å²) in [5.41, 5.74) is -1.15. The van der Waals surface area contributed by atoms with Crippen molar-refractivity contribution in [2.45, 2.75) is 65.4 Å². The van der Waals surface area contributed by atoms with Crippen LogP contribution in [0.5, 0.6) is 0 Å². The number of rotatable bonds is 2. The van der Waals surface area contributed by atoms with Crippen molar-refractivity contribution >= 4 is 29.1 Å². The lowest BCUT2D eigenvalue weighted by Gasteiger charge is -2.58. The molecule has 0 aromatic heterocycles. The Hall–Kier alpha value is -1.62. The molecule has 0 bridgehead atoms. The zero-order valence-corrected chi connectivity index (χ0v) is 18.7. The summed E-state index contributed by atoms with van der Waals surface area (Å²) >= 11 is 6.71. The molecule has 0 aliphatic heterocycles. The third-order valence-electron chi connectivity index (χ3n) is 9.62. The molecule has 0 amide bonds. The van der Waals surface area contributed by atoms with Crippen molar-refractivity contribution in [1.82, 2.24) is 0 Å². The molecule has 0 radical (unpaired) electrons. The van der Waals surface area contributed by atoms with Gasteiger partial charge in [0.2, 0.25) is 0 Å². The number of ketones is 2. The van der Waals surface area contributed by atoms with Gasteiger partial charge in [-0.05, 0) is 68.4 Å².